The van der Waals surface area contributed by atoms with E-state index in [9.17, 15) is 0 Å². The first kappa shape index (κ1) is 11.4. The van der Waals surface area contributed by atoms with Crippen LogP contribution in [-0.2, 0) is 4.74 Å². The minimum atomic E-state index is 0.257. The van der Waals surface area contributed by atoms with Gasteiger partial charge in [-0.2, -0.15) is 0 Å². The highest BCUT2D eigenvalue weighted by molar-refractivity contribution is 4.86. The molecule has 0 saturated carbocycles. The fourth-order valence-corrected chi connectivity index (χ4v) is 2.25. The first-order valence-corrected chi connectivity index (χ1v) is 6.11. The zero-order valence-electron chi connectivity index (χ0n) is 10.3. The van der Waals surface area contributed by atoms with Crippen molar-refractivity contribution in [1.29, 1.82) is 0 Å². The number of hydrogen-bond acceptors (Lipinski definition) is 3. The highest BCUT2D eigenvalue weighted by atomic mass is 16.5. The normalized spacial score (nSPS) is 29.4. The van der Waals surface area contributed by atoms with E-state index in [1.165, 1.54) is 19.5 Å². The van der Waals surface area contributed by atoms with Gasteiger partial charge in [0.1, 0.15) is 0 Å². The smallest absolute Gasteiger partial charge is 0.0645 e. The van der Waals surface area contributed by atoms with E-state index in [-0.39, 0.29) is 5.54 Å². The Morgan fingerprint density at radius 1 is 1.33 bits per heavy atom. The third-order valence-electron chi connectivity index (χ3n) is 3.38. The molecule has 0 bridgehead atoms. The second kappa shape index (κ2) is 4.40. The van der Waals surface area contributed by atoms with Crippen LogP contribution in [0.5, 0.6) is 0 Å². The lowest BCUT2D eigenvalue weighted by molar-refractivity contribution is -0.0580. The standard InChI is InChI=1S/C12H24N2O/c1-12(2,3)13-6-10-4-5-14(7-10)11-8-15-9-11/h10-11,13H,4-9H2,1-3H3/t10-/m1/s1. The average Bonchev–Trinajstić information content (AvgIpc) is 2.45. The predicted octanol–water partition coefficient (Wildman–Crippen LogP) is 1.10. The van der Waals surface area contributed by atoms with Crippen molar-refractivity contribution in [1.82, 2.24) is 10.2 Å². The summed E-state index contributed by atoms with van der Waals surface area (Å²) in [5.74, 6) is 0.838. The fraction of sp³-hybridized carbons (Fsp3) is 1.00. The Kier molecular flexibility index (Phi) is 3.33. The van der Waals surface area contributed by atoms with Gasteiger partial charge in [-0.25, -0.2) is 0 Å². The van der Waals surface area contributed by atoms with Gasteiger partial charge >= 0.3 is 0 Å². The van der Waals surface area contributed by atoms with Crippen molar-refractivity contribution in [3.63, 3.8) is 0 Å². The molecule has 2 rings (SSSR count). The summed E-state index contributed by atoms with van der Waals surface area (Å²) in [5, 5.41) is 3.60. The quantitative estimate of drug-likeness (QED) is 0.758. The molecule has 1 atom stereocenters. The molecule has 15 heavy (non-hydrogen) atoms. The maximum Gasteiger partial charge on any atom is 0.0645 e. The molecule has 2 heterocycles. The van der Waals surface area contributed by atoms with Crippen LogP contribution in [0.1, 0.15) is 27.2 Å². The maximum atomic E-state index is 5.24. The molecule has 3 nitrogen and oxygen atoms in total. The molecule has 0 spiro atoms. The lowest BCUT2D eigenvalue weighted by Gasteiger charge is -2.34. The van der Waals surface area contributed by atoms with Crippen molar-refractivity contribution >= 4 is 0 Å². The lowest BCUT2D eigenvalue weighted by atomic mass is 10.1. The van der Waals surface area contributed by atoms with E-state index < -0.39 is 0 Å². The van der Waals surface area contributed by atoms with Crippen LogP contribution >= 0.6 is 0 Å². The summed E-state index contributed by atoms with van der Waals surface area (Å²) in [5.41, 5.74) is 0.257. The van der Waals surface area contributed by atoms with Gasteiger partial charge in [0.05, 0.1) is 19.3 Å². The number of rotatable bonds is 3. The van der Waals surface area contributed by atoms with Gasteiger partial charge in [-0.3, -0.25) is 4.90 Å². The molecule has 0 amide bonds. The van der Waals surface area contributed by atoms with E-state index in [4.69, 9.17) is 4.74 Å². The van der Waals surface area contributed by atoms with Crippen LogP contribution in [0.25, 0.3) is 0 Å². The molecule has 0 unspecified atom stereocenters. The van der Waals surface area contributed by atoms with Gasteiger partial charge in [-0.05, 0) is 46.2 Å². The van der Waals surface area contributed by atoms with Crippen LogP contribution in [0.4, 0.5) is 0 Å². The summed E-state index contributed by atoms with van der Waals surface area (Å²) < 4.78 is 5.24. The van der Waals surface area contributed by atoms with Crippen LogP contribution in [0, 0.1) is 5.92 Å². The van der Waals surface area contributed by atoms with E-state index in [1.54, 1.807) is 0 Å². The minimum absolute atomic E-state index is 0.257. The fourth-order valence-electron chi connectivity index (χ4n) is 2.25. The second-order valence-corrected chi connectivity index (χ2v) is 5.97. The van der Waals surface area contributed by atoms with Crippen molar-refractivity contribution in [2.24, 2.45) is 5.92 Å². The molecule has 0 aromatic carbocycles. The monoisotopic (exact) mass is 212 g/mol. The molecule has 88 valence electrons. The van der Waals surface area contributed by atoms with Crippen molar-refractivity contribution in [3.05, 3.63) is 0 Å². The van der Waals surface area contributed by atoms with Gasteiger partial charge in [0.25, 0.3) is 0 Å². The molecule has 2 saturated heterocycles. The van der Waals surface area contributed by atoms with E-state index in [2.05, 4.69) is 31.0 Å². The largest absolute Gasteiger partial charge is 0.378 e. The summed E-state index contributed by atoms with van der Waals surface area (Å²) in [6.45, 7) is 12.3. The Balaban J connectivity index is 1.68. The van der Waals surface area contributed by atoms with Crippen LogP contribution in [0.15, 0.2) is 0 Å². The molecular weight excluding hydrogens is 188 g/mol. The summed E-state index contributed by atoms with van der Waals surface area (Å²) in [6, 6.07) is 0.727. The molecular formula is C12H24N2O. The summed E-state index contributed by atoms with van der Waals surface area (Å²) in [6.07, 6.45) is 1.35. The highest BCUT2D eigenvalue weighted by Crippen LogP contribution is 2.21. The topological polar surface area (TPSA) is 24.5 Å². The van der Waals surface area contributed by atoms with E-state index in [1.807, 2.05) is 0 Å². The molecule has 3 heteroatoms. The Morgan fingerprint density at radius 3 is 2.60 bits per heavy atom. The van der Waals surface area contributed by atoms with Crippen molar-refractivity contribution in [2.45, 2.75) is 38.8 Å². The van der Waals surface area contributed by atoms with Crippen LogP contribution in [0.2, 0.25) is 0 Å². The molecule has 2 aliphatic rings. The number of nitrogens with one attached hydrogen (secondary N) is 1. The van der Waals surface area contributed by atoms with Crippen LogP contribution < -0.4 is 5.32 Å². The Labute approximate surface area is 93.2 Å². The van der Waals surface area contributed by atoms with Crippen molar-refractivity contribution < 1.29 is 4.74 Å². The van der Waals surface area contributed by atoms with Crippen molar-refractivity contribution in [2.75, 3.05) is 32.8 Å². The van der Waals surface area contributed by atoms with Gasteiger partial charge in [0.2, 0.25) is 0 Å². The number of hydrogen-bond donors (Lipinski definition) is 1. The molecule has 2 fully saturated rings. The first-order valence-electron chi connectivity index (χ1n) is 6.11. The van der Waals surface area contributed by atoms with E-state index >= 15 is 0 Å². The van der Waals surface area contributed by atoms with Crippen LogP contribution in [0.3, 0.4) is 0 Å². The third kappa shape index (κ3) is 3.16. The number of ether oxygens (including phenoxy) is 1. The van der Waals surface area contributed by atoms with Gasteiger partial charge in [-0.15, -0.1) is 0 Å². The van der Waals surface area contributed by atoms with E-state index in [0.717, 1.165) is 31.7 Å². The highest BCUT2D eigenvalue weighted by Gasteiger charge is 2.32. The first-order chi connectivity index (χ1) is 7.04. The molecule has 0 aromatic rings. The molecule has 2 aliphatic heterocycles. The average molecular weight is 212 g/mol. The summed E-state index contributed by atoms with van der Waals surface area (Å²) in [7, 11) is 0. The Hall–Kier alpha value is -0.120. The van der Waals surface area contributed by atoms with E-state index in [0.29, 0.717) is 0 Å². The molecule has 0 aromatic heterocycles. The van der Waals surface area contributed by atoms with Crippen LogP contribution in [-0.4, -0.2) is 49.3 Å². The zero-order valence-corrected chi connectivity index (χ0v) is 10.3. The SMILES string of the molecule is CC(C)(C)NC[C@H]1CCN(C2COC2)C1. The molecule has 0 radical (unpaired) electrons. The third-order valence-corrected chi connectivity index (χ3v) is 3.38. The zero-order chi connectivity index (χ0) is 10.9. The van der Waals surface area contributed by atoms with Gasteiger partial charge in [0.15, 0.2) is 0 Å². The summed E-state index contributed by atoms with van der Waals surface area (Å²) in [4.78, 5) is 2.60. The van der Waals surface area contributed by atoms with Crippen molar-refractivity contribution in [3.8, 4) is 0 Å². The minimum Gasteiger partial charge on any atom is -0.378 e. The predicted molar refractivity (Wildman–Crippen MR) is 62.0 cm³/mol. The second-order valence-electron chi connectivity index (χ2n) is 5.97. The lowest BCUT2D eigenvalue weighted by Crippen LogP contribution is -2.48. The van der Waals surface area contributed by atoms with Gasteiger partial charge in [-0.1, -0.05) is 0 Å². The van der Waals surface area contributed by atoms with Gasteiger partial charge in [0, 0.05) is 12.1 Å². The number of likely N-dealkylation sites (tertiary alicyclic amines) is 1. The number of nitrogens with zero attached hydrogens (tertiary/aromatic N) is 1. The maximum absolute atomic E-state index is 5.24. The Bertz CT molecular complexity index is 208. The summed E-state index contributed by atoms with van der Waals surface area (Å²) >= 11 is 0. The molecule has 1 N–H and O–H groups in total. The Morgan fingerprint density at radius 2 is 2.07 bits per heavy atom. The molecule has 0 aliphatic carbocycles. The van der Waals surface area contributed by atoms with Gasteiger partial charge < -0.3 is 10.1 Å².